The van der Waals surface area contributed by atoms with Crippen LogP contribution >= 0.6 is 0 Å². The van der Waals surface area contributed by atoms with Crippen LogP contribution in [0.5, 0.6) is 0 Å². The molecule has 114 valence electrons. The highest BCUT2D eigenvalue weighted by molar-refractivity contribution is 5.82. The van der Waals surface area contributed by atoms with Gasteiger partial charge >= 0.3 is 0 Å². The first-order chi connectivity index (χ1) is 10.8. The maximum Gasteiger partial charge on any atom is 0.148 e. The molecule has 0 spiro atoms. The molecule has 0 aliphatic carbocycles. The van der Waals surface area contributed by atoms with Crippen molar-refractivity contribution in [1.29, 1.82) is 0 Å². The molecule has 2 heteroatoms. The van der Waals surface area contributed by atoms with E-state index >= 15 is 0 Å². The largest absolute Gasteiger partial charge is 0.333 e. The van der Waals surface area contributed by atoms with Gasteiger partial charge in [0.2, 0.25) is 0 Å². The highest BCUT2D eigenvalue weighted by atomic mass is 16.1. The van der Waals surface area contributed by atoms with Gasteiger partial charge in [0, 0.05) is 11.1 Å². The molecule has 0 amide bonds. The molecular formula is C20H24NO+. The molecule has 1 saturated heterocycles. The van der Waals surface area contributed by atoms with Crippen LogP contribution in [0.25, 0.3) is 0 Å². The summed E-state index contributed by atoms with van der Waals surface area (Å²) < 4.78 is 0. The molecule has 2 aromatic carbocycles. The Morgan fingerprint density at radius 1 is 0.955 bits per heavy atom. The van der Waals surface area contributed by atoms with Gasteiger partial charge in [0.15, 0.2) is 0 Å². The number of Topliss-reactive ketones (excluding diaryl/α,β-unsaturated/α-hetero) is 1. The molecule has 3 rings (SSSR count). The van der Waals surface area contributed by atoms with E-state index in [0.29, 0.717) is 12.2 Å². The summed E-state index contributed by atoms with van der Waals surface area (Å²) in [6, 6.07) is 21.4. The number of carbonyl (C=O) groups is 1. The number of carbonyl (C=O) groups excluding carboxylic acids is 1. The van der Waals surface area contributed by atoms with Crippen LogP contribution in [-0.2, 0) is 4.79 Å². The fraction of sp³-hybridized carbons (Fsp3) is 0.350. The summed E-state index contributed by atoms with van der Waals surface area (Å²) in [6.45, 7) is 2.17. The third kappa shape index (κ3) is 3.12. The van der Waals surface area contributed by atoms with Gasteiger partial charge in [-0.3, -0.25) is 4.79 Å². The minimum atomic E-state index is 0.146. The molecule has 1 aliphatic heterocycles. The Hall–Kier alpha value is -1.93. The van der Waals surface area contributed by atoms with Gasteiger partial charge in [-0.15, -0.1) is 0 Å². The Labute approximate surface area is 132 Å². The number of rotatable bonds is 4. The molecule has 1 aliphatic rings. The number of benzene rings is 2. The van der Waals surface area contributed by atoms with E-state index in [0.717, 1.165) is 12.8 Å². The van der Waals surface area contributed by atoms with Gasteiger partial charge in [-0.2, -0.15) is 0 Å². The summed E-state index contributed by atoms with van der Waals surface area (Å²) in [4.78, 5) is 12.7. The Morgan fingerprint density at radius 2 is 1.55 bits per heavy atom. The van der Waals surface area contributed by atoms with Crippen molar-refractivity contribution in [3.8, 4) is 0 Å². The van der Waals surface area contributed by atoms with Crippen LogP contribution in [0.4, 0.5) is 0 Å². The quantitative estimate of drug-likeness (QED) is 0.921. The zero-order chi connectivity index (χ0) is 15.4. The molecule has 2 nitrogen and oxygen atoms in total. The predicted octanol–water partition coefficient (Wildman–Crippen LogP) is 3.42. The standard InChI is InChI=1S/C20H23NO/c1-2-9-17-19(22)14-18(15-10-5-3-6-11-15)21-20(17)16-12-7-4-8-13-16/h3-8,10-13,17-18,20-21H,2,9,14H2,1H3/p+1/t17-,18-,20+/m0/s1. The fourth-order valence-electron chi connectivity index (χ4n) is 3.62. The monoisotopic (exact) mass is 294 g/mol. The molecule has 1 heterocycles. The second-order valence-corrected chi connectivity index (χ2v) is 6.21. The Morgan fingerprint density at radius 3 is 2.14 bits per heavy atom. The highest BCUT2D eigenvalue weighted by Gasteiger charge is 2.40. The summed E-state index contributed by atoms with van der Waals surface area (Å²) in [5.41, 5.74) is 2.53. The van der Waals surface area contributed by atoms with Crippen LogP contribution in [0.3, 0.4) is 0 Å². The van der Waals surface area contributed by atoms with Gasteiger partial charge in [-0.25, -0.2) is 0 Å². The zero-order valence-electron chi connectivity index (χ0n) is 13.1. The van der Waals surface area contributed by atoms with Gasteiger partial charge in [0.1, 0.15) is 17.9 Å². The van der Waals surface area contributed by atoms with Gasteiger partial charge in [0.05, 0.1) is 12.3 Å². The summed E-state index contributed by atoms with van der Waals surface area (Å²) in [5.74, 6) is 0.569. The Balaban J connectivity index is 1.90. The normalized spacial score (nSPS) is 25.1. The molecular weight excluding hydrogens is 270 g/mol. The number of hydrogen-bond donors (Lipinski definition) is 1. The maximum absolute atomic E-state index is 12.7. The average molecular weight is 294 g/mol. The second-order valence-electron chi connectivity index (χ2n) is 6.21. The third-order valence-electron chi connectivity index (χ3n) is 4.72. The minimum Gasteiger partial charge on any atom is -0.333 e. The minimum absolute atomic E-state index is 0.146. The number of nitrogens with two attached hydrogens (primary N) is 1. The smallest absolute Gasteiger partial charge is 0.148 e. The molecule has 0 unspecified atom stereocenters. The second kappa shape index (κ2) is 6.89. The molecule has 0 bridgehead atoms. The topological polar surface area (TPSA) is 33.7 Å². The molecule has 2 N–H and O–H groups in total. The van der Waals surface area contributed by atoms with Crippen molar-refractivity contribution >= 4 is 5.78 Å². The lowest BCUT2D eigenvalue weighted by Crippen LogP contribution is -2.90. The number of ketones is 1. The molecule has 3 atom stereocenters. The van der Waals surface area contributed by atoms with Gasteiger partial charge in [0.25, 0.3) is 0 Å². The third-order valence-corrected chi connectivity index (χ3v) is 4.72. The number of piperidine rings is 1. The van der Waals surface area contributed by atoms with Crippen LogP contribution in [-0.4, -0.2) is 5.78 Å². The number of quaternary nitrogens is 1. The zero-order valence-corrected chi connectivity index (χ0v) is 13.1. The summed E-state index contributed by atoms with van der Waals surface area (Å²) in [6.07, 6.45) is 2.69. The molecule has 0 saturated carbocycles. The first-order valence-electron chi connectivity index (χ1n) is 8.27. The van der Waals surface area contributed by atoms with Crippen molar-refractivity contribution in [3.05, 3.63) is 71.8 Å². The summed E-state index contributed by atoms with van der Waals surface area (Å²) >= 11 is 0. The molecule has 0 radical (unpaired) electrons. The van der Waals surface area contributed by atoms with Crippen LogP contribution in [0.2, 0.25) is 0 Å². The van der Waals surface area contributed by atoms with E-state index < -0.39 is 0 Å². The van der Waals surface area contributed by atoms with Gasteiger partial charge in [-0.1, -0.05) is 74.0 Å². The number of hydrogen-bond acceptors (Lipinski definition) is 1. The molecule has 1 fully saturated rings. The predicted molar refractivity (Wildman–Crippen MR) is 88.3 cm³/mol. The first-order valence-corrected chi connectivity index (χ1v) is 8.27. The van der Waals surface area contributed by atoms with Crippen molar-refractivity contribution in [3.63, 3.8) is 0 Å². The lowest BCUT2D eigenvalue weighted by atomic mass is 9.79. The maximum atomic E-state index is 12.7. The highest BCUT2D eigenvalue weighted by Crippen LogP contribution is 2.31. The van der Waals surface area contributed by atoms with Crippen molar-refractivity contribution in [1.82, 2.24) is 0 Å². The molecule has 22 heavy (non-hydrogen) atoms. The van der Waals surface area contributed by atoms with Crippen molar-refractivity contribution in [2.24, 2.45) is 5.92 Å². The average Bonchev–Trinajstić information content (AvgIpc) is 2.58. The SMILES string of the molecule is CCC[C@H]1C(=O)C[C@@H](c2ccccc2)[NH2+][C@@H]1c1ccccc1. The summed E-state index contributed by atoms with van der Waals surface area (Å²) in [5, 5.41) is 2.41. The van der Waals surface area contributed by atoms with E-state index in [1.807, 2.05) is 12.1 Å². The Bertz CT molecular complexity index is 608. The lowest BCUT2D eigenvalue weighted by molar-refractivity contribution is -0.743. The van der Waals surface area contributed by atoms with E-state index in [1.165, 1.54) is 11.1 Å². The van der Waals surface area contributed by atoms with Crippen LogP contribution in [0, 0.1) is 5.92 Å². The van der Waals surface area contributed by atoms with Crippen molar-refractivity contribution < 1.29 is 10.1 Å². The van der Waals surface area contributed by atoms with Crippen LogP contribution in [0.15, 0.2) is 60.7 Å². The van der Waals surface area contributed by atoms with E-state index in [9.17, 15) is 4.79 Å². The van der Waals surface area contributed by atoms with Gasteiger partial charge < -0.3 is 5.32 Å². The van der Waals surface area contributed by atoms with E-state index in [1.54, 1.807) is 0 Å². The van der Waals surface area contributed by atoms with Gasteiger partial charge in [-0.05, 0) is 6.42 Å². The fourth-order valence-corrected chi connectivity index (χ4v) is 3.62. The van der Waals surface area contributed by atoms with Crippen molar-refractivity contribution in [2.75, 3.05) is 0 Å². The van der Waals surface area contributed by atoms with E-state index in [2.05, 4.69) is 60.8 Å². The Kier molecular flexibility index (Phi) is 4.69. The van der Waals surface area contributed by atoms with Crippen molar-refractivity contribution in [2.45, 2.75) is 38.3 Å². The van der Waals surface area contributed by atoms with Crippen LogP contribution in [0.1, 0.15) is 49.4 Å². The van der Waals surface area contributed by atoms with E-state index in [-0.39, 0.29) is 18.0 Å². The van der Waals surface area contributed by atoms with Crippen LogP contribution < -0.4 is 5.32 Å². The first kappa shape index (κ1) is 15.0. The summed E-state index contributed by atoms with van der Waals surface area (Å²) in [7, 11) is 0. The lowest BCUT2D eigenvalue weighted by Gasteiger charge is -2.33. The van der Waals surface area contributed by atoms with E-state index in [4.69, 9.17) is 0 Å². The molecule has 0 aromatic heterocycles. The molecule has 2 aromatic rings.